The minimum atomic E-state index is 0.0296. The molecule has 0 fully saturated rings. The summed E-state index contributed by atoms with van der Waals surface area (Å²) >= 11 is 15.3. The molecule has 6 heteroatoms. The van der Waals surface area contributed by atoms with E-state index in [0.717, 1.165) is 4.47 Å². The van der Waals surface area contributed by atoms with E-state index in [1.54, 1.807) is 30.3 Å². The van der Waals surface area contributed by atoms with Crippen molar-refractivity contribution < 1.29 is 9.84 Å². The van der Waals surface area contributed by atoms with Crippen LogP contribution in [0.2, 0.25) is 10.0 Å². The van der Waals surface area contributed by atoms with Gasteiger partial charge in [0.15, 0.2) is 11.5 Å². The zero-order valence-electron chi connectivity index (χ0n) is 11.1. The summed E-state index contributed by atoms with van der Waals surface area (Å²) in [4.78, 5) is 4.26. The van der Waals surface area contributed by atoms with Crippen molar-refractivity contribution in [1.29, 1.82) is 0 Å². The van der Waals surface area contributed by atoms with Crippen LogP contribution in [0, 0.1) is 0 Å². The summed E-state index contributed by atoms with van der Waals surface area (Å²) in [5.41, 5.74) is 1.05. The highest BCUT2D eigenvalue weighted by atomic mass is 79.9. The van der Waals surface area contributed by atoms with Crippen LogP contribution in [0.1, 0.15) is 12.5 Å². The van der Waals surface area contributed by atoms with Crippen LogP contribution < -0.4 is 4.74 Å². The van der Waals surface area contributed by atoms with Crippen molar-refractivity contribution in [2.75, 3.05) is 6.61 Å². The van der Waals surface area contributed by atoms with E-state index in [2.05, 4.69) is 20.9 Å². The molecule has 0 saturated heterocycles. The first-order valence-corrected chi connectivity index (χ1v) is 7.70. The van der Waals surface area contributed by atoms with Gasteiger partial charge in [0, 0.05) is 21.3 Å². The molecule has 0 unspecified atom stereocenters. The first-order chi connectivity index (χ1) is 10.0. The predicted molar refractivity (Wildman–Crippen MR) is 90.7 cm³/mol. The quantitative estimate of drug-likeness (QED) is 0.691. The van der Waals surface area contributed by atoms with Crippen molar-refractivity contribution in [2.45, 2.75) is 6.92 Å². The normalized spacial score (nSPS) is 11.0. The number of benzene rings is 2. The first kappa shape index (κ1) is 16.1. The van der Waals surface area contributed by atoms with Crippen LogP contribution in [0.5, 0.6) is 11.5 Å². The molecule has 2 aromatic carbocycles. The molecular weight excluding hydrogens is 377 g/mol. The Hall–Kier alpha value is -1.23. The van der Waals surface area contributed by atoms with Gasteiger partial charge >= 0.3 is 0 Å². The average Bonchev–Trinajstić information content (AvgIpc) is 2.44. The average molecular weight is 389 g/mol. The second-order valence-corrected chi connectivity index (χ2v) is 5.89. The van der Waals surface area contributed by atoms with E-state index in [0.29, 0.717) is 33.7 Å². The van der Waals surface area contributed by atoms with E-state index in [9.17, 15) is 5.11 Å². The maximum Gasteiger partial charge on any atom is 0.166 e. The fraction of sp³-hybridized carbons (Fsp3) is 0.133. The fourth-order valence-electron chi connectivity index (χ4n) is 1.68. The second kappa shape index (κ2) is 7.16. The summed E-state index contributed by atoms with van der Waals surface area (Å²) in [5, 5.41) is 11.2. The zero-order chi connectivity index (χ0) is 15.4. The highest BCUT2D eigenvalue weighted by molar-refractivity contribution is 9.10. The SMILES string of the molecule is CCOc1cc(Br)cc(C=Nc2cc(Cl)ccc2Cl)c1O. The molecule has 0 saturated carbocycles. The number of halogens is 3. The minimum absolute atomic E-state index is 0.0296. The second-order valence-electron chi connectivity index (χ2n) is 4.13. The van der Waals surface area contributed by atoms with Crippen molar-refractivity contribution in [3.63, 3.8) is 0 Å². The molecule has 2 aromatic rings. The van der Waals surface area contributed by atoms with Gasteiger partial charge in [0.1, 0.15) is 0 Å². The number of nitrogens with zero attached hydrogens (tertiary/aromatic N) is 1. The number of ether oxygens (including phenoxy) is 1. The molecule has 0 heterocycles. The Morgan fingerprint density at radius 3 is 2.76 bits per heavy atom. The third-order valence-corrected chi connectivity index (χ3v) is 3.63. The van der Waals surface area contributed by atoms with Crippen LogP contribution in [-0.4, -0.2) is 17.9 Å². The first-order valence-electron chi connectivity index (χ1n) is 6.15. The number of phenolic OH excluding ortho intramolecular Hbond substituents is 1. The number of aromatic hydroxyl groups is 1. The Bertz CT molecular complexity index is 690. The van der Waals surface area contributed by atoms with Crippen LogP contribution in [0.3, 0.4) is 0 Å². The monoisotopic (exact) mass is 387 g/mol. The maximum atomic E-state index is 10.2. The van der Waals surface area contributed by atoms with Crippen molar-refractivity contribution >= 4 is 51.0 Å². The highest BCUT2D eigenvalue weighted by Crippen LogP contribution is 2.34. The molecular formula is C15H12BrCl2NO2. The van der Waals surface area contributed by atoms with Crippen LogP contribution in [0.15, 0.2) is 39.8 Å². The molecule has 21 heavy (non-hydrogen) atoms. The van der Waals surface area contributed by atoms with Crippen molar-refractivity contribution in [3.8, 4) is 11.5 Å². The topological polar surface area (TPSA) is 41.8 Å². The third kappa shape index (κ3) is 4.13. The Morgan fingerprint density at radius 2 is 2.05 bits per heavy atom. The Kier molecular flexibility index (Phi) is 5.51. The number of hydrogen-bond acceptors (Lipinski definition) is 3. The van der Waals surface area contributed by atoms with Crippen molar-refractivity contribution in [2.24, 2.45) is 4.99 Å². The zero-order valence-corrected chi connectivity index (χ0v) is 14.2. The molecule has 0 amide bonds. The number of phenols is 1. The Morgan fingerprint density at radius 1 is 1.29 bits per heavy atom. The molecule has 0 aliphatic carbocycles. The molecule has 0 aliphatic heterocycles. The van der Waals surface area contributed by atoms with E-state index in [-0.39, 0.29) is 5.75 Å². The van der Waals surface area contributed by atoms with Gasteiger partial charge in [-0.3, -0.25) is 4.99 Å². The lowest BCUT2D eigenvalue weighted by Crippen LogP contribution is -1.94. The molecule has 3 nitrogen and oxygen atoms in total. The molecule has 110 valence electrons. The fourth-order valence-corrected chi connectivity index (χ4v) is 2.47. The summed E-state index contributed by atoms with van der Waals surface area (Å²) < 4.78 is 6.14. The molecule has 0 spiro atoms. The van der Waals surface area contributed by atoms with Crippen LogP contribution in [-0.2, 0) is 0 Å². The minimum Gasteiger partial charge on any atom is -0.504 e. The lowest BCUT2D eigenvalue weighted by atomic mass is 10.2. The van der Waals surface area contributed by atoms with E-state index < -0.39 is 0 Å². The van der Waals surface area contributed by atoms with Gasteiger partial charge in [-0.2, -0.15) is 0 Å². The van der Waals surface area contributed by atoms with Gasteiger partial charge in [-0.05, 0) is 37.3 Å². The predicted octanol–water partition coefficient (Wildman–Crippen LogP) is 5.61. The lowest BCUT2D eigenvalue weighted by molar-refractivity contribution is 0.317. The molecule has 1 N–H and O–H groups in total. The van der Waals surface area contributed by atoms with Gasteiger partial charge in [0.05, 0.1) is 17.3 Å². The summed E-state index contributed by atoms with van der Waals surface area (Å²) in [6, 6.07) is 8.44. The summed E-state index contributed by atoms with van der Waals surface area (Å²) in [5.74, 6) is 0.424. The molecule has 0 aromatic heterocycles. The van der Waals surface area contributed by atoms with Crippen molar-refractivity contribution in [1.82, 2.24) is 0 Å². The smallest absolute Gasteiger partial charge is 0.166 e. The van der Waals surface area contributed by atoms with Gasteiger partial charge in [-0.15, -0.1) is 0 Å². The molecule has 0 radical (unpaired) electrons. The van der Waals surface area contributed by atoms with E-state index >= 15 is 0 Å². The van der Waals surface area contributed by atoms with Gasteiger partial charge in [0.25, 0.3) is 0 Å². The Labute approximate surface area is 141 Å². The summed E-state index contributed by atoms with van der Waals surface area (Å²) in [6.45, 7) is 2.31. The van der Waals surface area contributed by atoms with Crippen LogP contribution in [0.4, 0.5) is 5.69 Å². The van der Waals surface area contributed by atoms with Crippen LogP contribution >= 0.6 is 39.1 Å². The lowest BCUT2D eigenvalue weighted by Gasteiger charge is -2.08. The number of aliphatic imine (C=N–C) groups is 1. The molecule has 0 atom stereocenters. The summed E-state index contributed by atoms with van der Waals surface area (Å²) in [6.07, 6.45) is 1.51. The van der Waals surface area contributed by atoms with E-state index in [1.165, 1.54) is 6.21 Å². The third-order valence-electron chi connectivity index (χ3n) is 2.62. The van der Waals surface area contributed by atoms with Gasteiger partial charge < -0.3 is 9.84 Å². The highest BCUT2D eigenvalue weighted by Gasteiger charge is 2.09. The van der Waals surface area contributed by atoms with Crippen LogP contribution in [0.25, 0.3) is 0 Å². The standard InChI is InChI=1S/C15H12BrCl2NO2/c1-2-21-14-6-10(16)5-9(15(14)20)8-19-13-7-11(17)3-4-12(13)18/h3-8,20H,2H2,1H3. The Balaban J connectivity index is 2.38. The molecule has 0 bridgehead atoms. The molecule has 0 aliphatic rings. The van der Waals surface area contributed by atoms with E-state index in [1.807, 2.05) is 6.92 Å². The number of hydrogen-bond donors (Lipinski definition) is 1. The van der Waals surface area contributed by atoms with Crippen molar-refractivity contribution in [3.05, 3.63) is 50.4 Å². The number of rotatable bonds is 4. The summed E-state index contributed by atoms with van der Waals surface area (Å²) in [7, 11) is 0. The largest absolute Gasteiger partial charge is 0.504 e. The van der Waals surface area contributed by atoms with E-state index in [4.69, 9.17) is 27.9 Å². The van der Waals surface area contributed by atoms with Gasteiger partial charge in [-0.1, -0.05) is 39.1 Å². The van der Waals surface area contributed by atoms with Gasteiger partial charge in [0.2, 0.25) is 0 Å². The van der Waals surface area contributed by atoms with Gasteiger partial charge in [-0.25, -0.2) is 0 Å². The maximum absolute atomic E-state index is 10.2. The molecule has 2 rings (SSSR count).